The first-order chi connectivity index (χ1) is 32.5. The highest BCUT2D eigenvalue weighted by Gasteiger charge is 2.25. The van der Waals surface area contributed by atoms with E-state index in [1.54, 1.807) is 26.0 Å². The van der Waals surface area contributed by atoms with Gasteiger partial charge in [0.2, 0.25) is 0 Å². The zero-order valence-corrected chi connectivity index (χ0v) is 36.6. The summed E-state index contributed by atoms with van der Waals surface area (Å²) in [6.07, 6.45) is 0. The zero-order valence-electron chi connectivity index (χ0n) is 36.6. The summed E-state index contributed by atoms with van der Waals surface area (Å²) in [6.45, 7) is 3.97. The molecule has 0 bridgehead atoms. The second-order valence-electron chi connectivity index (χ2n) is 15.9. The van der Waals surface area contributed by atoms with Crippen LogP contribution in [0, 0.1) is 0 Å². The SMILES string of the molecule is CCOC(=O)c1cc(-c2ccccc2-c2ccccc2)c(C(=O)OCC)cc1-c1ccc(N(c2ccc(-c3ccccc3)cc2)c2ccc(-c3cccc4c3oc3ccccc34)cc2)cc1. The fourth-order valence-electron chi connectivity index (χ4n) is 8.84. The fraction of sp³-hybridized carbons (Fsp3) is 0.0667. The van der Waals surface area contributed by atoms with E-state index in [0.717, 1.165) is 83.5 Å². The lowest BCUT2D eigenvalue weighted by molar-refractivity contribution is 0.0513. The molecule has 320 valence electrons. The van der Waals surface area contributed by atoms with Crippen LogP contribution in [-0.4, -0.2) is 25.2 Å². The summed E-state index contributed by atoms with van der Waals surface area (Å²) in [6, 6.07) is 71.3. The van der Waals surface area contributed by atoms with Gasteiger partial charge >= 0.3 is 11.9 Å². The lowest BCUT2D eigenvalue weighted by atomic mass is 9.87. The minimum Gasteiger partial charge on any atom is -0.462 e. The van der Waals surface area contributed by atoms with E-state index in [-0.39, 0.29) is 13.2 Å². The molecule has 0 aliphatic rings. The van der Waals surface area contributed by atoms with Gasteiger partial charge in [0, 0.05) is 33.4 Å². The van der Waals surface area contributed by atoms with Crippen LogP contribution >= 0.6 is 0 Å². The van der Waals surface area contributed by atoms with Crippen LogP contribution in [0.3, 0.4) is 0 Å². The number of furan rings is 1. The van der Waals surface area contributed by atoms with Crippen molar-refractivity contribution in [2.45, 2.75) is 13.8 Å². The van der Waals surface area contributed by atoms with Crippen molar-refractivity contribution in [3.8, 4) is 55.6 Å². The normalized spacial score (nSPS) is 11.1. The summed E-state index contributed by atoms with van der Waals surface area (Å²) in [4.78, 5) is 30.1. The van der Waals surface area contributed by atoms with Crippen LogP contribution in [0.5, 0.6) is 0 Å². The maximum atomic E-state index is 14.0. The number of esters is 2. The van der Waals surface area contributed by atoms with Crippen LogP contribution in [-0.2, 0) is 9.47 Å². The van der Waals surface area contributed by atoms with Crippen LogP contribution < -0.4 is 4.90 Å². The zero-order chi connectivity index (χ0) is 45.0. The van der Waals surface area contributed by atoms with E-state index in [1.165, 1.54) is 0 Å². The number of anilines is 3. The first-order valence-corrected chi connectivity index (χ1v) is 22.2. The van der Waals surface area contributed by atoms with Crippen LogP contribution in [0.4, 0.5) is 17.1 Å². The summed E-state index contributed by atoms with van der Waals surface area (Å²) < 4.78 is 17.7. The van der Waals surface area contributed by atoms with Gasteiger partial charge in [-0.25, -0.2) is 9.59 Å². The Bertz CT molecular complexity index is 3340. The number of rotatable bonds is 12. The lowest BCUT2D eigenvalue weighted by Gasteiger charge is -2.26. The lowest BCUT2D eigenvalue weighted by Crippen LogP contribution is -2.12. The van der Waals surface area contributed by atoms with Crippen LogP contribution in [0.1, 0.15) is 34.6 Å². The predicted octanol–water partition coefficient (Wildman–Crippen LogP) is 15.7. The number of fused-ring (bicyclic) bond motifs is 3. The van der Waals surface area contributed by atoms with Gasteiger partial charge in [0.15, 0.2) is 0 Å². The maximum Gasteiger partial charge on any atom is 0.338 e. The number of para-hydroxylation sites is 2. The molecule has 10 aromatic rings. The molecule has 6 nitrogen and oxygen atoms in total. The molecule has 0 atom stereocenters. The van der Waals surface area contributed by atoms with Gasteiger partial charge < -0.3 is 18.8 Å². The average molecular weight is 860 g/mol. The van der Waals surface area contributed by atoms with E-state index in [1.807, 2.05) is 115 Å². The predicted molar refractivity (Wildman–Crippen MR) is 267 cm³/mol. The van der Waals surface area contributed by atoms with E-state index in [9.17, 15) is 9.59 Å². The van der Waals surface area contributed by atoms with Gasteiger partial charge in [0.05, 0.1) is 24.3 Å². The number of hydrogen-bond donors (Lipinski definition) is 0. The van der Waals surface area contributed by atoms with E-state index in [0.29, 0.717) is 22.3 Å². The van der Waals surface area contributed by atoms with Crippen molar-refractivity contribution in [1.29, 1.82) is 0 Å². The van der Waals surface area contributed by atoms with E-state index in [4.69, 9.17) is 13.9 Å². The van der Waals surface area contributed by atoms with E-state index >= 15 is 0 Å². The summed E-state index contributed by atoms with van der Waals surface area (Å²) >= 11 is 0. The Kier molecular flexibility index (Phi) is 11.5. The molecule has 0 aliphatic carbocycles. The van der Waals surface area contributed by atoms with Crippen molar-refractivity contribution in [3.63, 3.8) is 0 Å². The van der Waals surface area contributed by atoms with Gasteiger partial charge in [-0.15, -0.1) is 0 Å². The smallest absolute Gasteiger partial charge is 0.338 e. The van der Waals surface area contributed by atoms with Crippen molar-refractivity contribution in [2.24, 2.45) is 0 Å². The third-order valence-electron chi connectivity index (χ3n) is 12.0. The van der Waals surface area contributed by atoms with Gasteiger partial charge in [-0.05, 0) is 119 Å². The fourth-order valence-corrected chi connectivity index (χ4v) is 8.84. The molecular weight excluding hydrogens is 815 g/mol. The first-order valence-electron chi connectivity index (χ1n) is 22.2. The largest absolute Gasteiger partial charge is 0.462 e. The molecule has 0 spiro atoms. The number of hydrogen-bond acceptors (Lipinski definition) is 6. The Morgan fingerprint density at radius 3 is 1.42 bits per heavy atom. The molecule has 10 rings (SSSR count). The summed E-state index contributed by atoms with van der Waals surface area (Å²) in [5.41, 5.74) is 14.1. The molecule has 1 aromatic heterocycles. The molecule has 0 N–H and O–H groups in total. The number of carbonyl (C=O) groups is 2. The van der Waals surface area contributed by atoms with Crippen LogP contribution in [0.2, 0.25) is 0 Å². The minimum atomic E-state index is -0.482. The standard InChI is InChI=1S/C60H45NO5/c1-3-64-59(62)55-39-54(50-21-12-11-20-48(50)42-18-9-6-10-19-42)56(60(63)65-4-2)38-53(55)44-30-36-47(37-31-44)61(45-32-26-41(27-33-45)40-16-7-5-8-17-40)46-34-28-43(29-35-46)49-23-15-24-52-51-22-13-14-25-57(51)66-58(49)52/h5-39H,3-4H2,1-2H3. The molecule has 0 amide bonds. The summed E-state index contributed by atoms with van der Waals surface area (Å²) in [5.74, 6) is -0.960. The summed E-state index contributed by atoms with van der Waals surface area (Å²) in [7, 11) is 0. The highest BCUT2D eigenvalue weighted by atomic mass is 16.5. The topological polar surface area (TPSA) is 69.0 Å². The van der Waals surface area contributed by atoms with Gasteiger partial charge in [-0.2, -0.15) is 0 Å². The van der Waals surface area contributed by atoms with Crippen molar-refractivity contribution < 1.29 is 23.5 Å². The number of nitrogens with zero attached hydrogens (tertiary/aromatic N) is 1. The Morgan fingerprint density at radius 1 is 0.394 bits per heavy atom. The Hall–Kier alpha value is -8.48. The molecule has 66 heavy (non-hydrogen) atoms. The summed E-state index contributed by atoms with van der Waals surface area (Å²) in [5, 5.41) is 2.18. The second-order valence-corrected chi connectivity index (χ2v) is 15.9. The van der Waals surface area contributed by atoms with Crippen molar-refractivity contribution >= 4 is 50.9 Å². The van der Waals surface area contributed by atoms with Gasteiger partial charge in [0.25, 0.3) is 0 Å². The van der Waals surface area contributed by atoms with Crippen molar-refractivity contribution in [2.75, 3.05) is 18.1 Å². The van der Waals surface area contributed by atoms with Crippen molar-refractivity contribution in [1.82, 2.24) is 0 Å². The number of carbonyl (C=O) groups excluding carboxylic acids is 2. The van der Waals surface area contributed by atoms with E-state index < -0.39 is 11.9 Å². The van der Waals surface area contributed by atoms with Crippen LogP contribution in [0.15, 0.2) is 217 Å². The quantitative estimate of drug-likeness (QED) is 0.114. The molecular formula is C60H45NO5. The minimum absolute atomic E-state index is 0.191. The molecule has 0 fully saturated rings. The molecule has 0 unspecified atom stereocenters. The van der Waals surface area contributed by atoms with Gasteiger partial charge in [-0.1, -0.05) is 158 Å². The third-order valence-corrected chi connectivity index (χ3v) is 12.0. The molecule has 0 aliphatic heterocycles. The van der Waals surface area contributed by atoms with E-state index in [2.05, 4.69) is 89.8 Å². The average Bonchev–Trinajstić information content (AvgIpc) is 3.77. The van der Waals surface area contributed by atoms with Crippen LogP contribution in [0.25, 0.3) is 77.6 Å². The monoisotopic (exact) mass is 859 g/mol. The number of benzene rings is 9. The Labute approximate surface area is 383 Å². The second kappa shape index (κ2) is 18.3. The molecule has 0 radical (unpaired) electrons. The highest BCUT2D eigenvalue weighted by molar-refractivity contribution is 6.10. The molecule has 6 heteroatoms. The maximum absolute atomic E-state index is 14.0. The van der Waals surface area contributed by atoms with Gasteiger partial charge in [-0.3, -0.25) is 0 Å². The first kappa shape index (κ1) is 41.5. The Balaban J connectivity index is 1.08. The molecule has 9 aromatic carbocycles. The Morgan fingerprint density at radius 2 is 0.818 bits per heavy atom. The molecule has 1 heterocycles. The van der Waals surface area contributed by atoms with Crippen molar-refractivity contribution in [3.05, 3.63) is 223 Å². The van der Waals surface area contributed by atoms with Gasteiger partial charge in [0.1, 0.15) is 11.2 Å². The third kappa shape index (κ3) is 8.01. The highest BCUT2D eigenvalue weighted by Crippen LogP contribution is 2.42. The molecule has 0 saturated heterocycles. The number of ether oxygens (including phenoxy) is 2. The molecule has 0 saturated carbocycles.